The number of pyridine rings is 1. The molecule has 0 bridgehead atoms. The molecule has 0 saturated heterocycles. The molecule has 1 heterocycles. The number of nitrogens with zero attached hydrogens (tertiary/aromatic N) is 1. The third-order valence-electron chi connectivity index (χ3n) is 4.33. The molecule has 146 valence electrons. The number of ketones is 1. The average molecular weight is 404 g/mol. The first-order valence-corrected chi connectivity index (χ1v) is 10.5. The first-order valence-electron chi connectivity index (χ1n) is 9.05. The quantitative estimate of drug-likeness (QED) is 0.582. The van der Waals surface area contributed by atoms with E-state index in [1.807, 2.05) is 12.1 Å². The van der Waals surface area contributed by atoms with Gasteiger partial charge in [-0.05, 0) is 53.9 Å². The Kier molecular flexibility index (Phi) is 6.43. The predicted molar refractivity (Wildman–Crippen MR) is 113 cm³/mol. The highest BCUT2D eigenvalue weighted by atomic mass is 32.2. The van der Waals surface area contributed by atoms with Crippen LogP contribution in [0.1, 0.15) is 23.1 Å². The SMILES string of the molecule is C#Cc1cccc(NS(=O)(=O)c2ccc(CC(=O)CCc3cccnc3)cc2)c1. The number of carbonyl (C=O) groups is 1. The number of rotatable bonds is 8. The molecule has 5 nitrogen and oxygen atoms in total. The maximum Gasteiger partial charge on any atom is 0.261 e. The number of benzene rings is 2. The minimum absolute atomic E-state index is 0.0914. The summed E-state index contributed by atoms with van der Waals surface area (Å²) < 4.78 is 27.6. The van der Waals surface area contributed by atoms with E-state index in [0.29, 0.717) is 24.1 Å². The van der Waals surface area contributed by atoms with Gasteiger partial charge in [-0.25, -0.2) is 8.42 Å². The van der Waals surface area contributed by atoms with Crippen molar-refractivity contribution in [3.63, 3.8) is 0 Å². The summed E-state index contributed by atoms with van der Waals surface area (Å²) in [4.78, 5) is 16.4. The monoisotopic (exact) mass is 404 g/mol. The Labute approximate surface area is 170 Å². The summed E-state index contributed by atoms with van der Waals surface area (Å²) in [6.07, 6.45) is 10.1. The van der Waals surface area contributed by atoms with Gasteiger partial charge < -0.3 is 0 Å². The molecule has 0 atom stereocenters. The molecule has 2 aromatic carbocycles. The largest absolute Gasteiger partial charge is 0.299 e. The molecular formula is C23H20N2O3S. The van der Waals surface area contributed by atoms with Crippen molar-refractivity contribution in [2.75, 3.05) is 4.72 Å². The van der Waals surface area contributed by atoms with E-state index in [4.69, 9.17) is 6.42 Å². The van der Waals surface area contributed by atoms with Gasteiger partial charge in [-0.15, -0.1) is 6.42 Å². The molecule has 1 aromatic heterocycles. The van der Waals surface area contributed by atoms with Crippen LogP contribution >= 0.6 is 0 Å². The predicted octanol–water partition coefficient (Wildman–Crippen LogP) is 3.61. The van der Waals surface area contributed by atoms with Gasteiger partial charge in [0.1, 0.15) is 5.78 Å². The van der Waals surface area contributed by atoms with Crippen LogP contribution in [0.25, 0.3) is 0 Å². The van der Waals surface area contributed by atoms with Crippen LogP contribution < -0.4 is 4.72 Å². The van der Waals surface area contributed by atoms with Gasteiger partial charge in [0.05, 0.1) is 10.6 Å². The van der Waals surface area contributed by atoms with Crippen LogP contribution in [0, 0.1) is 12.3 Å². The molecular weight excluding hydrogens is 384 g/mol. The van der Waals surface area contributed by atoms with Crippen molar-refractivity contribution in [2.24, 2.45) is 0 Å². The van der Waals surface area contributed by atoms with E-state index in [1.165, 1.54) is 12.1 Å². The zero-order valence-corrected chi connectivity index (χ0v) is 16.5. The zero-order chi connectivity index (χ0) is 20.7. The Morgan fingerprint density at radius 1 is 1.03 bits per heavy atom. The molecule has 29 heavy (non-hydrogen) atoms. The highest BCUT2D eigenvalue weighted by Crippen LogP contribution is 2.18. The summed E-state index contributed by atoms with van der Waals surface area (Å²) in [5.41, 5.74) is 2.78. The molecule has 1 N–H and O–H groups in total. The Morgan fingerprint density at radius 2 is 1.83 bits per heavy atom. The number of Topliss-reactive ketones (excluding diaryl/α,β-unsaturated/α-hetero) is 1. The van der Waals surface area contributed by atoms with Crippen molar-refractivity contribution < 1.29 is 13.2 Å². The number of nitrogens with one attached hydrogen (secondary N) is 1. The Bertz CT molecular complexity index is 1130. The van der Waals surface area contributed by atoms with Gasteiger partial charge in [-0.1, -0.05) is 30.2 Å². The van der Waals surface area contributed by atoms with E-state index in [-0.39, 0.29) is 17.1 Å². The van der Waals surface area contributed by atoms with Crippen LogP contribution in [0.15, 0.2) is 78.0 Å². The van der Waals surface area contributed by atoms with E-state index in [1.54, 1.807) is 48.8 Å². The lowest BCUT2D eigenvalue weighted by Crippen LogP contribution is -2.13. The smallest absolute Gasteiger partial charge is 0.261 e. The Morgan fingerprint density at radius 3 is 2.52 bits per heavy atom. The van der Waals surface area contributed by atoms with E-state index < -0.39 is 10.0 Å². The number of anilines is 1. The standard InChI is InChI=1S/C23H20N2O3S/c1-2-18-5-3-7-21(15-18)25-29(27,28)23-12-9-19(10-13-23)16-22(26)11-8-20-6-4-14-24-17-20/h1,3-7,9-10,12-15,17,25H,8,11,16H2. The number of carbonyl (C=O) groups excluding carboxylic acids is 1. The van der Waals surface area contributed by atoms with Crippen LogP contribution in [-0.2, 0) is 27.7 Å². The molecule has 3 aromatic rings. The minimum Gasteiger partial charge on any atom is -0.299 e. The van der Waals surface area contributed by atoms with Crippen molar-refractivity contribution in [3.8, 4) is 12.3 Å². The summed E-state index contributed by atoms with van der Waals surface area (Å²) in [6, 6.07) is 16.7. The third-order valence-corrected chi connectivity index (χ3v) is 5.73. The average Bonchev–Trinajstić information content (AvgIpc) is 2.73. The molecule has 0 radical (unpaired) electrons. The third kappa shape index (κ3) is 5.77. The normalized spacial score (nSPS) is 10.9. The first-order chi connectivity index (χ1) is 14.0. The fourth-order valence-corrected chi connectivity index (χ4v) is 3.87. The Balaban J connectivity index is 1.61. The minimum atomic E-state index is -3.74. The van der Waals surface area contributed by atoms with Crippen LogP contribution in [0.4, 0.5) is 5.69 Å². The van der Waals surface area contributed by atoms with E-state index in [0.717, 1.165) is 11.1 Å². The van der Waals surface area contributed by atoms with Crippen molar-refractivity contribution in [3.05, 3.63) is 89.7 Å². The van der Waals surface area contributed by atoms with E-state index in [9.17, 15) is 13.2 Å². The second-order valence-electron chi connectivity index (χ2n) is 6.55. The second-order valence-corrected chi connectivity index (χ2v) is 8.23. The molecule has 0 amide bonds. The summed E-state index contributed by atoms with van der Waals surface area (Å²) in [5, 5.41) is 0. The van der Waals surface area contributed by atoms with Crippen molar-refractivity contribution in [2.45, 2.75) is 24.2 Å². The van der Waals surface area contributed by atoms with Crippen molar-refractivity contribution in [1.82, 2.24) is 4.98 Å². The summed E-state index contributed by atoms with van der Waals surface area (Å²) in [6.45, 7) is 0. The number of terminal acetylenes is 1. The highest BCUT2D eigenvalue weighted by Gasteiger charge is 2.14. The molecule has 0 saturated carbocycles. The fourth-order valence-electron chi connectivity index (χ4n) is 2.82. The van der Waals surface area contributed by atoms with Gasteiger partial charge in [0.25, 0.3) is 10.0 Å². The highest BCUT2D eigenvalue weighted by molar-refractivity contribution is 7.92. The summed E-state index contributed by atoms with van der Waals surface area (Å²) in [7, 11) is -3.74. The van der Waals surface area contributed by atoms with E-state index >= 15 is 0 Å². The van der Waals surface area contributed by atoms with Crippen LogP contribution in [0.5, 0.6) is 0 Å². The molecule has 0 spiro atoms. The van der Waals surface area contributed by atoms with E-state index in [2.05, 4.69) is 15.6 Å². The number of sulfonamides is 1. The zero-order valence-electron chi connectivity index (χ0n) is 15.7. The lowest BCUT2D eigenvalue weighted by molar-refractivity contribution is -0.118. The van der Waals surface area contributed by atoms with Gasteiger partial charge in [0, 0.05) is 30.8 Å². The molecule has 0 aliphatic carbocycles. The Hall–Kier alpha value is -3.43. The second kappa shape index (κ2) is 9.18. The van der Waals surface area contributed by atoms with Crippen LogP contribution in [0.3, 0.4) is 0 Å². The van der Waals surface area contributed by atoms with Crippen LogP contribution in [-0.4, -0.2) is 19.2 Å². The summed E-state index contributed by atoms with van der Waals surface area (Å²) >= 11 is 0. The van der Waals surface area contributed by atoms with Gasteiger partial charge in [0.2, 0.25) is 0 Å². The molecule has 0 aliphatic rings. The van der Waals surface area contributed by atoms with Crippen molar-refractivity contribution in [1.29, 1.82) is 0 Å². The molecule has 0 unspecified atom stereocenters. The summed E-state index contributed by atoms with van der Waals surface area (Å²) in [5.74, 6) is 2.56. The maximum atomic E-state index is 12.6. The molecule has 0 fully saturated rings. The lowest BCUT2D eigenvalue weighted by atomic mass is 10.0. The van der Waals surface area contributed by atoms with Crippen molar-refractivity contribution >= 4 is 21.5 Å². The number of aryl methyl sites for hydroxylation is 1. The van der Waals surface area contributed by atoms with Gasteiger partial charge >= 0.3 is 0 Å². The van der Waals surface area contributed by atoms with Gasteiger partial charge in [-0.2, -0.15) is 0 Å². The molecule has 0 aliphatic heterocycles. The lowest BCUT2D eigenvalue weighted by Gasteiger charge is -2.09. The maximum absolute atomic E-state index is 12.6. The van der Waals surface area contributed by atoms with Gasteiger partial charge in [0.15, 0.2) is 0 Å². The van der Waals surface area contributed by atoms with Gasteiger partial charge in [-0.3, -0.25) is 14.5 Å². The topological polar surface area (TPSA) is 76.1 Å². The molecule has 3 rings (SSSR count). The molecule has 6 heteroatoms. The number of hydrogen-bond donors (Lipinski definition) is 1. The van der Waals surface area contributed by atoms with Crippen LogP contribution in [0.2, 0.25) is 0 Å². The number of aromatic nitrogens is 1. The first kappa shape index (κ1) is 20.3. The number of hydrogen-bond acceptors (Lipinski definition) is 4. The fraction of sp³-hybridized carbons (Fsp3) is 0.130.